The van der Waals surface area contributed by atoms with Crippen molar-refractivity contribution < 1.29 is 38.1 Å². The lowest BCUT2D eigenvalue weighted by Crippen LogP contribution is -2.38. The molecule has 1 aliphatic rings. The Morgan fingerprint density at radius 2 is 1.92 bits per heavy atom. The number of anilines is 1. The first kappa shape index (κ1) is 27.0. The van der Waals surface area contributed by atoms with Gasteiger partial charge in [0.15, 0.2) is 5.82 Å². The Morgan fingerprint density at radius 1 is 1.19 bits per heavy atom. The SMILES string of the molecule is CC(C)OC(=O)C(C)NP(=O)(OCC1OC(c2ccc3c(N)ncnn23)C(O)C1O)Oc1ccccc1. The molecular weight excluding hydrogens is 505 g/mol. The minimum absolute atomic E-state index is 0.227. The summed E-state index contributed by atoms with van der Waals surface area (Å²) in [6, 6.07) is 10.5. The highest BCUT2D eigenvalue weighted by atomic mass is 31.2. The van der Waals surface area contributed by atoms with E-state index in [1.54, 1.807) is 56.3 Å². The summed E-state index contributed by atoms with van der Waals surface area (Å²) in [6.45, 7) is 4.41. The lowest BCUT2D eigenvalue weighted by atomic mass is 10.1. The number of nitrogens with zero attached hydrogens (tertiary/aromatic N) is 3. The summed E-state index contributed by atoms with van der Waals surface area (Å²) in [5.41, 5.74) is 6.82. The number of nitrogen functional groups attached to an aromatic ring is 1. The number of carbonyl (C=O) groups is 1. The Hall–Kier alpha value is -3.06. The smallest absolute Gasteiger partial charge is 0.459 e. The van der Waals surface area contributed by atoms with Crippen LogP contribution in [0, 0.1) is 0 Å². The monoisotopic (exact) mass is 535 g/mol. The molecule has 5 N–H and O–H groups in total. The van der Waals surface area contributed by atoms with E-state index in [2.05, 4.69) is 15.2 Å². The molecular formula is C23H30N5O8P. The highest BCUT2D eigenvalue weighted by Crippen LogP contribution is 2.46. The predicted octanol–water partition coefficient (Wildman–Crippen LogP) is 1.61. The van der Waals surface area contributed by atoms with E-state index < -0.39 is 50.8 Å². The summed E-state index contributed by atoms with van der Waals surface area (Å²) in [5, 5.41) is 28.1. The minimum atomic E-state index is -4.18. The summed E-state index contributed by atoms with van der Waals surface area (Å²) in [6.07, 6.45) is -3.91. The molecule has 1 saturated heterocycles. The zero-order valence-electron chi connectivity index (χ0n) is 20.5. The lowest BCUT2D eigenvalue weighted by molar-refractivity contribution is -0.149. The fraction of sp³-hybridized carbons (Fsp3) is 0.435. The van der Waals surface area contributed by atoms with E-state index in [9.17, 15) is 19.6 Å². The molecule has 0 amide bonds. The molecule has 1 aromatic carbocycles. The number of hydrogen-bond donors (Lipinski definition) is 4. The maximum Gasteiger partial charge on any atom is 0.459 e. The molecule has 4 rings (SSSR count). The molecule has 200 valence electrons. The second kappa shape index (κ2) is 11.1. The van der Waals surface area contributed by atoms with E-state index in [-0.39, 0.29) is 17.7 Å². The molecule has 13 nitrogen and oxygen atoms in total. The molecule has 3 heterocycles. The first-order chi connectivity index (χ1) is 17.6. The molecule has 1 aliphatic heterocycles. The van der Waals surface area contributed by atoms with E-state index in [0.717, 1.165) is 0 Å². The number of aliphatic hydroxyl groups is 2. The van der Waals surface area contributed by atoms with Crippen LogP contribution in [0.25, 0.3) is 5.52 Å². The standard InChI is InChI=1S/C23H30N5O8P/c1-13(2)34-23(31)14(3)27-37(32,36-15-7-5-4-6-8-15)33-11-18-19(29)20(30)21(35-18)16-9-10-17-22(24)25-12-26-28(16)17/h4-10,12-14,18-21,29-30H,11H2,1-3H3,(H,27,32)(H2,24,25,26). The third-order valence-corrected chi connectivity index (χ3v) is 7.24. The van der Waals surface area contributed by atoms with E-state index in [0.29, 0.717) is 11.2 Å². The number of nitrogens with two attached hydrogens (primary N) is 1. The van der Waals surface area contributed by atoms with Crippen LogP contribution < -0.4 is 15.3 Å². The number of nitrogens with one attached hydrogen (secondary N) is 1. The maximum atomic E-state index is 13.7. The van der Waals surface area contributed by atoms with Gasteiger partial charge in [-0.1, -0.05) is 18.2 Å². The van der Waals surface area contributed by atoms with Gasteiger partial charge in [-0.3, -0.25) is 9.32 Å². The second-order valence-electron chi connectivity index (χ2n) is 8.81. The van der Waals surface area contributed by atoms with Gasteiger partial charge in [0.1, 0.15) is 48.1 Å². The number of rotatable bonds is 10. The van der Waals surface area contributed by atoms with Gasteiger partial charge in [-0.15, -0.1) is 0 Å². The molecule has 0 radical (unpaired) electrons. The highest BCUT2D eigenvalue weighted by Gasteiger charge is 2.46. The van der Waals surface area contributed by atoms with Gasteiger partial charge in [-0.2, -0.15) is 10.2 Å². The number of hydrogen-bond acceptors (Lipinski definition) is 11. The fourth-order valence-electron chi connectivity index (χ4n) is 3.83. The van der Waals surface area contributed by atoms with E-state index in [1.807, 2.05) is 0 Å². The Labute approximate surface area is 213 Å². The van der Waals surface area contributed by atoms with Gasteiger partial charge in [0, 0.05) is 0 Å². The first-order valence-corrected chi connectivity index (χ1v) is 13.2. The number of benzene rings is 1. The van der Waals surface area contributed by atoms with Crippen LogP contribution in [-0.2, 0) is 23.4 Å². The van der Waals surface area contributed by atoms with Gasteiger partial charge in [0.2, 0.25) is 0 Å². The molecule has 0 saturated carbocycles. The molecule has 0 spiro atoms. The van der Waals surface area contributed by atoms with Gasteiger partial charge in [0.05, 0.1) is 18.4 Å². The summed E-state index contributed by atoms with van der Waals surface area (Å²) < 4.78 is 37.4. The van der Waals surface area contributed by atoms with Crippen LogP contribution in [0.5, 0.6) is 5.75 Å². The van der Waals surface area contributed by atoms with Crippen molar-refractivity contribution in [1.82, 2.24) is 19.7 Å². The zero-order chi connectivity index (χ0) is 26.7. The fourth-order valence-corrected chi connectivity index (χ4v) is 5.33. The summed E-state index contributed by atoms with van der Waals surface area (Å²) in [5.74, 6) is -0.181. The van der Waals surface area contributed by atoms with Crippen LogP contribution in [-0.4, -0.2) is 67.8 Å². The Kier molecular flexibility index (Phi) is 8.12. The van der Waals surface area contributed by atoms with Gasteiger partial charge >= 0.3 is 13.7 Å². The van der Waals surface area contributed by atoms with Crippen LogP contribution in [0.3, 0.4) is 0 Å². The molecule has 0 bridgehead atoms. The van der Waals surface area contributed by atoms with Crippen molar-refractivity contribution in [2.24, 2.45) is 0 Å². The van der Waals surface area contributed by atoms with Crippen molar-refractivity contribution in [2.45, 2.75) is 57.3 Å². The number of aromatic nitrogens is 3. The number of aliphatic hydroxyl groups excluding tert-OH is 2. The molecule has 6 atom stereocenters. The molecule has 14 heteroatoms. The van der Waals surface area contributed by atoms with Crippen molar-refractivity contribution in [2.75, 3.05) is 12.3 Å². The third kappa shape index (κ3) is 6.09. The van der Waals surface area contributed by atoms with Crippen molar-refractivity contribution >= 4 is 25.1 Å². The van der Waals surface area contributed by atoms with Crippen LogP contribution in [0.4, 0.5) is 5.82 Å². The lowest BCUT2D eigenvalue weighted by Gasteiger charge is -2.25. The molecule has 3 aromatic rings. The Morgan fingerprint density at radius 3 is 2.62 bits per heavy atom. The number of ether oxygens (including phenoxy) is 2. The average Bonchev–Trinajstić information content (AvgIpc) is 3.40. The number of fused-ring (bicyclic) bond motifs is 1. The summed E-state index contributed by atoms with van der Waals surface area (Å²) in [7, 11) is -4.18. The second-order valence-corrected chi connectivity index (χ2v) is 10.5. The average molecular weight is 535 g/mol. The summed E-state index contributed by atoms with van der Waals surface area (Å²) in [4.78, 5) is 16.2. The maximum absolute atomic E-state index is 13.7. The van der Waals surface area contributed by atoms with Gasteiger partial charge in [0.25, 0.3) is 0 Å². The zero-order valence-corrected chi connectivity index (χ0v) is 21.4. The number of para-hydroxylation sites is 1. The van der Waals surface area contributed by atoms with Gasteiger partial charge in [-0.25, -0.2) is 14.1 Å². The van der Waals surface area contributed by atoms with Crippen LogP contribution in [0.15, 0.2) is 48.8 Å². The Balaban J connectivity index is 1.50. The molecule has 1 fully saturated rings. The normalized spacial score (nSPS) is 24.2. The van der Waals surface area contributed by atoms with E-state index in [4.69, 9.17) is 24.3 Å². The van der Waals surface area contributed by atoms with Crippen molar-refractivity contribution in [3.63, 3.8) is 0 Å². The Bertz CT molecular complexity index is 1270. The van der Waals surface area contributed by atoms with Gasteiger partial charge < -0.3 is 29.9 Å². The molecule has 0 aliphatic carbocycles. The van der Waals surface area contributed by atoms with Crippen LogP contribution in [0.1, 0.15) is 32.6 Å². The van der Waals surface area contributed by atoms with Crippen LogP contribution in [0.2, 0.25) is 0 Å². The number of esters is 1. The largest absolute Gasteiger partial charge is 0.462 e. The predicted molar refractivity (Wildman–Crippen MR) is 131 cm³/mol. The molecule has 2 aromatic heterocycles. The van der Waals surface area contributed by atoms with Crippen LogP contribution >= 0.6 is 7.75 Å². The topological polar surface area (TPSA) is 180 Å². The van der Waals surface area contributed by atoms with E-state index in [1.165, 1.54) is 17.8 Å². The first-order valence-electron chi connectivity index (χ1n) is 11.6. The summed E-state index contributed by atoms with van der Waals surface area (Å²) >= 11 is 0. The third-order valence-electron chi connectivity index (χ3n) is 5.60. The number of carbonyl (C=O) groups excluding carboxylic acids is 1. The molecule has 37 heavy (non-hydrogen) atoms. The van der Waals surface area contributed by atoms with Crippen molar-refractivity contribution in [3.05, 3.63) is 54.5 Å². The van der Waals surface area contributed by atoms with Crippen molar-refractivity contribution in [3.8, 4) is 5.75 Å². The molecule has 6 unspecified atom stereocenters. The highest BCUT2D eigenvalue weighted by molar-refractivity contribution is 7.52. The minimum Gasteiger partial charge on any atom is -0.462 e. The van der Waals surface area contributed by atoms with Gasteiger partial charge in [-0.05, 0) is 45.0 Å². The van der Waals surface area contributed by atoms with Crippen molar-refractivity contribution in [1.29, 1.82) is 0 Å². The van der Waals surface area contributed by atoms with E-state index >= 15 is 0 Å². The quantitative estimate of drug-likeness (QED) is 0.218.